The van der Waals surface area contributed by atoms with Gasteiger partial charge in [0, 0.05) is 5.56 Å². The van der Waals surface area contributed by atoms with Gasteiger partial charge in [-0.3, -0.25) is 4.79 Å². The summed E-state index contributed by atoms with van der Waals surface area (Å²) in [5.41, 5.74) is 0.395. The SMILES string of the molecule is CCC(NC)C(=O)c1ccc(O)c(O)c1. The van der Waals surface area contributed by atoms with E-state index in [-0.39, 0.29) is 23.3 Å². The number of rotatable bonds is 4. The van der Waals surface area contributed by atoms with E-state index >= 15 is 0 Å². The summed E-state index contributed by atoms with van der Waals surface area (Å²) in [6.45, 7) is 1.90. The fourth-order valence-electron chi connectivity index (χ4n) is 1.40. The molecule has 1 aromatic carbocycles. The van der Waals surface area contributed by atoms with E-state index in [9.17, 15) is 9.90 Å². The Morgan fingerprint density at radius 2 is 2.07 bits per heavy atom. The minimum atomic E-state index is -0.271. The number of phenols is 2. The second-order valence-corrected chi connectivity index (χ2v) is 3.32. The number of Topliss-reactive ketones (excluding diaryl/α,β-unsaturated/α-hetero) is 1. The predicted octanol–water partition coefficient (Wildman–Crippen LogP) is 1.28. The molecule has 0 aromatic heterocycles. The van der Waals surface area contributed by atoms with Crippen LogP contribution in [-0.2, 0) is 0 Å². The minimum Gasteiger partial charge on any atom is -0.504 e. The van der Waals surface area contributed by atoms with Gasteiger partial charge in [0.25, 0.3) is 0 Å². The predicted molar refractivity (Wildman–Crippen MR) is 57.2 cm³/mol. The van der Waals surface area contributed by atoms with Crippen LogP contribution in [0.25, 0.3) is 0 Å². The van der Waals surface area contributed by atoms with Crippen LogP contribution in [0.5, 0.6) is 11.5 Å². The van der Waals surface area contributed by atoms with Crippen molar-refractivity contribution >= 4 is 5.78 Å². The topological polar surface area (TPSA) is 69.6 Å². The molecule has 15 heavy (non-hydrogen) atoms. The van der Waals surface area contributed by atoms with Crippen LogP contribution in [0, 0.1) is 0 Å². The number of ketones is 1. The molecule has 1 rings (SSSR count). The van der Waals surface area contributed by atoms with E-state index in [0.717, 1.165) is 0 Å². The summed E-state index contributed by atoms with van der Waals surface area (Å²) in [6.07, 6.45) is 0.678. The van der Waals surface area contributed by atoms with E-state index in [4.69, 9.17) is 5.11 Å². The monoisotopic (exact) mass is 209 g/mol. The van der Waals surface area contributed by atoms with Crippen LogP contribution in [-0.4, -0.2) is 29.1 Å². The van der Waals surface area contributed by atoms with Crippen LogP contribution in [0.3, 0.4) is 0 Å². The highest BCUT2D eigenvalue weighted by Crippen LogP contribution is 2.25. The van der Waals surface area contributed by atoms with Crippen LogP contribution in [0.4, 0.5) is 0 Å². The van der Waals surface area contributed by atoms with Gasteiger partial charge in [-0.05, 0) is 31.7 Å². The zero-order valence-corrected chi connectivity index (χ0v) is 8.82. The van der Waals surface area contributed by atoms with Crippen LogP contribution in [0.15, 0.2) is 18.2 Å². The maximum Gasteiger partial charge on any atom is 0.179 e. The van der Waals surface area contributed by atoms with Crippen LogP contribution in [0.2, 0.25) is 0 Å². The van der Waals surface area contributed by atoms with Crippen molar-refractivity contribution in [2.75, 3.05) is 7.05 Å². The number of phenolic OH excluding ortho intramolecular Hbond substituents is 2. The molecule has 1 unspecified atom stereocenters. The molecular weight excluding hydrogens is 194 g/mol. The van der Waals surface area contributed by atoms with E-state index < -0.39 is 0 Å². The molecule has 1 atom stereocenters. The van der Waals surface area contributed by atoms with Crippen molar-refractivity contribution in [2.45, 2.75) is 19.4 Å². The van der Waals surface area contributed by atoms with Crippen molar-refractivity contribution in [3.8, 4) is 11.5 Å². The van der Waals surface area contributed by atoms with Crippen molar-refractivity contribution in [1.82, 2.24) is 5.32 Å². The number of hydrogen-bond acceptors (Lipinski definition) is 4. The maximum absolute atomic E-state index is 11.8. The Morgan fingerprint density at radius 3 is 2.53 bits per heavy atom. The highest BCUT2D eigenvalue weighted by atomic mass is 16.3. The zero-order chi connectivity index (χ0) is 11.4. The molecule has 4 heteroatoms. The van der Waals surface area contributed by atoms with E-state index in [1.165, 1.54) is 18.2 Å². The lowest BCUT2D eigenvalue weighted by Crippen LogP contribution is -2.33. The lowest BCUT2D eigenvalue weighted by molar-refractivity contribution is 0.0944. The lowest BCUT2D eigenvalue weighted by Gasteiger charge is -2.12. The third-order valence-electron chi connectivity index (χ3n) is 2.33. The van der Waals surface area contributed by atoms with E-state index in [1.54, 1.807) is 7.05 Å². The first-order chi connectivity index (χ1) is 7.10. The fraction of sp³-hybridized carbons (Fsp3) is 0.364. The smallest absolute Gasteiger partial charge is 0.179 e. The van der Waals surface area contributed by atoms with Gasteiger partial charge >= 0.3 is 0 Å². The molecule has 1 aromatic rings. The van der Waals surface area contributed by atoms with Gasteiger partial charge in [0.1, 0.15) is 0 Å². The first kappa shape index (κ1) is 11.5. The Hall–Kier alpha value is -1.55. The number of hydrogen-bond donors (Lipinski definition) is 3. The molecule has 3 N–H and O–H groups in total. The van der Waals surface area contributed by atoms with Gasteiger partial charge in [0.15, 0.2) is 17.3 Å². The molecule has 0 aliphatic heterocycles. The van der Waals surface area contributed by atoms with Crippen molar-refractivity contribution in [3.05, 3.63) is 23.8 Å². The number of nitrogens with one attached hydrogen (secondary N) is 1. The molecule has 0 heterocycles. The number of carbonyl (C=O) groups excluding carboxylic acids is 1. The normalized spacial score (nSPS) is 12.4. The van der Waals surface area contributed by atoms with E-state index in [1.807, 2.05) is 6.92 Å². The number of likely N-dealkylation sites (N-methyl/N-ethyl adjacent to an activating group) is 1. The van der Waals surface area contributed by atoms with E-state index in [2.05, 4.69) is 5.32 Å². The van der Waals surface area contributed by atoms with Crippen LogP contribution < -0.4 is 5.32 Å². The molecule has 0 radical (unpaired) electrons. The molecule has 0 aliphatic carbocycles. The highest BCUT2D eigenvalue weighted by molar-refractivity contribution is 6.00. The molecule has 0 fully saturated rings. The summed E-state index contributed by atoms with van der Waals surface area (Å²) in [4.78, 5) is 11.8. The first-order valence-corrected chi connectivity index (χ1v) is 4.83. The minimum absolute atomic E-state index is 0.0877. The molecule has 0 saturated carbocycles. The number of aromatic hydroxyl groups is 2. The Balaban J connectivity index is 2.96. The Bertz CT molecular complexity index is 359. The quantitative estimate of drug-likeness (QED) is 0.516. The summed E-state index contributed by atoms with van der Waals surface area (Å²) < 4.78 is 0. The summed E-state index contributed by atoms with van der Waals surface area (Å²) in [6, 6.07) is 3.83. The van der Waals surface area contributed by atoms with Crippen molar-refractivity contribution in [3.63, 3.8) is 0 Å². The largest absolute Gasteiger partial charge is 0.504 e. The molecule has 0 aliphatic rings. The Morgan fingerprint density at radius 1 is 1.40 bits per heavy atom. The second kappa shape index (κ2) is 4.79. The fourth-order valence-corrected chi connectivity index (χ4v) is 1.40. The Labute approximate surface area is 88.6 Å². The second-order valence-electron chi connectivity index (χ2n) is 3.32. The first-order valence-electron chi connectivity index (χ1n) is 4.83. The molecule has 0 amide bonds. The summed E-state index contributed by atoms with van der Waals surface area (Å²) >= 11 is 0. The van der Waals surface area contributed by atoms with Gasteiger partial charge in [-0.2, -0.15) is 0 Å². The Kier molecular flexibility index (Phi) is 3.68. The number of benzene rings is 1. The molecule has 0 bridgehead atoms. The highest BCUT2D eigenvalue weighted by Gasteiger charge is 2.17. The number of carbonyl (C=O) groups is 1. The maximum atomic E-state index is 11.8. The average molecular weight is 209 g/mol. The molecule has 0 saturated heterocycles. The van der Waals surface area contributed by atoms with Gasteiger partial charge in [-0.25, -0.2) is 0 Å². The third-order valence-corrected chi connectivity index (χ3v) is 2.33. The van der Waals surface area contributed by atoms with Gasteiger partial charge in [-0.1, -0.05) is 6.92 Å². The van der Waals surface area contributed by atoms with Crippen molar-refractivity contribution in [1.29, 1.82) is 0 Å². The van der Waals surface area contributed by atoms with Crippen LogP contribution in [0.1, 0.15) is 23.7 Å². The summed E-state index contributed by atoms with van der Waals surface area (Å²) in [5, 5.41) is 21.2. The van der Waals surface area contributed by atoms with Gasteiger partial charge in [0.2, 0.25) is 0 Å². The zero-order valence-electron chi connectivity index (χ0n) is 8.82. The molecule has 82 valence electrons. The average Bonchev–Trinajstić information content (AvgIpc) is 2.23. The van der Waals surface area contributed by atoms with Crippen molar-refractivity contribution in [2.24, 2.45) is 0 Å². The van der Waals surface area contributed by atoms with Gasteiger partial charge < -0.3 is 15.5 Å². The summed E-state index contributed by atoms with van der Waals surface area (Å²) in [5.74, 6) is -0.578. The van der Waals surface area contributed by atoms with Gasteiger partial charge in [-0.15, -0.1) is 0 Å². The van der Waals surface area contributed by atoms with Crippen LogP contribution >= 0.6 is 0 Å². The molecule has 0 spiro atoms. The molecule has 4 nitrogen and oxygen atoms in total. The van der Waals surface area contributed by atoms with E-state index in [0.29, 0.717) is 12.0 Å². The lowest BCUT2D eigenvalue weighted by atomic mass is 10.0. The summed E-state index contributed by atoms with van der Waals surface area (Å²) in [7, 11) is 1.71. The molecular formula is C11H15NO3. The van der Waals surface area contributed by atoms with Crippen molar-refractivity contribution < 1.29 is 15.0 Å². The third kappa shape index (κ3) is 2.47. The van der Waals surface area contributed by atoms with Gasteiger partial charge in [0.05, 0.1) is 6.04 Å². The standard InChI is InChI=1S/C11H15NO3/c1-3-8(12-2)11(15)7-4-5-9(13)10(14)6-7/h4-6,8,12-14H,3H2,1-2H3.